The Morgan fingerprint density at radius 2 is 2.06 bits per heavy atom. The van der Waals surface area contributed by atoms with Gasteiger partial charge in [-0.1, -0.05) is 45.0 Å². The monoisotopic (exact) mass is 233 g/mol. The SMILES string of the molecule is CCN(CC(C)C)C1Cc2ccccc2C1O. The predicted octanol–water partition coefficient (Wildman–Crippen LogP) is 2.62. The first-order valence-corrected chi connectivity index (χ1v) is 6.63. The molecule has 2 rings (SSSR count). The van der Waals surface area contributed by atoms with E-state index < -0.39 is 0 Å². The Bertz CT molecular complexity index is 375. The topological polar surface area (TPSA) is 23.5 Å². The lowest BCUT2D eigenvalue weighted by Gasteiger charge is -2.31. The van der Waals surface area contributed by atoms with Crippen molar-refractivity contribution in [2.45, 2.75) is 39.3 Å². The van der Waals surface area contributed by atoms with E-state index in [1.807, 2.05) is 6.07 Å². The minimum Gasteiger partial charge on any atom is -0.387 e. The fraction of sp³-hybridized carbons (Fsp3) is 0.600. The van der Waals surface area contributed by atoms with E-state index in [-0.39, 0.29) is 12.1 Å². The summed E-state index contributed by atoms with van der Waals surface area (Å²) in [6, 6.07) is 8.54. The largest absolute Gasteiger partial charge is 0.387 e. The van der Waals surface area contributed by atoms with E-state index in [1.54, 1.807) is 0 Å². The summed E-state index contributed by atoms with van der Waals surface area (Å²) in [5.41, 5.74) is 2.44. The maximum atomic E-state index is 10.4. The zero-order chi connectivity index (χ0) is 12.4. The van der Waals surface area contributed by atoms with Crippen LogP contribution >= 0.6 is 0 Å². The van der Waals surface area contributed by atoms with E-state index >= 15 is 0 Å². The molecule has 1 aliphatic rings. The van der Waals surface area contributed by atoms with Crippen LogP contribution < -0.4 is 0 Å². The molecular weight excluding hydrogens is 210 g/mol. The van der Waals surface area contributed by atoms with Crippen LogP contribution in [0.25, 0.3) is 0 Å². The van der Waals surface area contributed by atoms with Gasteiger partial charge in [0.05, 0.1) is 6.10 Å². The highest BCUT2D eigenvalue weighted by Crippen LogP contribution is 2.34. The average Bonchev–Trinajstić information content (AvgIpc) is 2.64. The highest BCUT2D eigenvalue weighted by molar-refractivity contribution is 5.35. The highest BCUT2D eigenvalue weighted by atomic mass is 16.3. The van der Waals surface area contributed by atoms with Crippen molar-refractivity contribution >= 4 is 0 Å². The molecule has 0 amide bonds. The Balaban J connectivity index is 2.15. The first-order chi connectivity index (χ1) is 8.13. The smallest absolute Gasteiger partial charge is 0.0951 e. The lowest BCUT2D eigenvalue weighted by molar-refractivity contribution is 0.0570. The molecule has 0 aromatic heterocycles. The van der Waals surface area contributed by atoms with E-state index in [0.717, 1.165) is 25.1 Å². The van der Waals surface area contributed by atoms with Crippen molar-refractivity contribution in [3.05, 3.63) is 35.4 Å². The quantitative estimate of drug-likeness (QED) is 0.864. The van der Waals surface area contributed by atoms with Gasteiger partial charge in [0.2, 0.25) is 0 Å². The molecule has 94 valence electrons. The molecule has 17 heavy (non-hydrogen) atoms. The van der Waals surface area contributed by atoms with Crippen LogP contribution in [0.5, 0.6) is 0 Å². The van der Waals surface area contributed by atoms with Crippen LogP contribution in [0, 0.1) is 5.92 Å². The third kappa shape index (κ3) is 2.53. The summed E-state index contributed by atoms with van der Waals surface area (Å²) in [5, 5.41) is 10.4. The number of nitrogens with zero attached hydrogens (tertiary/aromatic N) is 1. The second kappa shape index (κ2) is 5.19. The van der Waals surface area contributed by atoms with Crippen molar-refractivity contribution in [3.8, 4) is 0 Å². The molecular formula is C15H23NO. The van der Waals surface area contributed by atoms with E-state index in [9.17, 15) is 5.11 Å². The molecule has 1 aromatic carbocycles. The molecule has 2 atom stereocenters. The van der Waals surface area contributed by atoms with Gasteiger partial charge in [0.25, 0.3) is 0 Å². The van der Waals surface area contributed by atoms with Gasteiger partial charge in [-0.05, 0) is 30.0 Å². The van der Waals surface area contributed by atoms with Crippen molar-refractivity contribution in [2.24, 2.45) is 5.92 Å². The summed E-state index contributed by atoms with van der Waals surface area (Å²) >= 11 is 0. The van der Waals surface area contributed by atoms with Gasteiger partial charge in [-0.25, -0.2) is 0 Å². The summed E-state index contributed by atoms with van der Waals surface area (Å²) in [7, 11) is 0. The Hall–Kier alpha value is -0.860. The summed E-state index contributed by atoms with van der Waals surface area (Å²) in [6.45, 7) is 8.71. The number of hydrogen-bond acceptors (Lipinski definition) is 2. The summed E-state index contributed by atoms with van der Waals surface area (Å²) < 4.78 is 0. The Morgan fingerprint density at radius 3 is 2.65 bits per heavy atom. The van der Waals surface area contributed by atoms with E-state index in [4.69, 9.17) is 0 Å². The van der Waals surface area contributed by atoms with Crippen LogP contribution in [-0.4, -0.2) is 29.1 Å². The summed E-state index contributed by atoms with van der Waals surface area (Å²) in [6.07, 6.45) is 0.669. The van der Waals surface area contributed by atoms with E-state index in [2.05, 4.69) is 43.9 Å². The third-order valence-corrected chi connectivity index (χ3v) is 3.64. The normalized spacial score (nSPS) is 23.4. The average molecular weight is 233 g/mol. The first-order valence-electron chi connectivity index (χ1n) is 6.63. The number of fused-ring (bicyclic) bond motifs is 1. The fourth-order valence-electron chi connectivity index (χ4n) is 2.85. The van der Waals surface area contributed by atoms with Gasteiger partial charge in [-0.2, -0.15) is 0 Å². The zero-order valence-electron chi connectivity index (χ0n) is 11.1. The molecule has 0 fully saturated rings. The van der Waals surface area contributed by atoms with Gasteiger partial charge >= 0.3 is 0 Å². The van der Waals surface area contributed by atoms with Crippen molar-refractivity contribution < 1.29 is 5.11 Å². The van der Waals surface area contributed by atoms with E-state index in [1.165, 1.54) is 5.56 Å². The second-order valence-corrected chi connectivity index (χ2v) is 5.40. The maximum Gasteiger partial charge on any atom is 0.0951 e. The molecule has 0 aliphatic heterocycles. The summed E-state index contributed by atoms with van der Waals surface area (Å²) in [4.78, 5) is 2.41. The number of likely N-dealkylation sites (N-methyl/N-ethyl adjacent to an activating group) is 1. The maximum absolute atomic E-state index is 10.4. The first kappa shape index (κ1) is 12.6. The van der Waals surface area contributed by atoms with Crippen LogP contribution in [0.2, 0.25) is 0 Å². The van der Waals surface area contributed by atoms with Gasteiger partial charge in [0.1, 0.15) is 0 Å². The molecule has 0 saturated heterocycles. The molecule has 2 nitrogen and oxygen atoms in total. The molecule has 1 N–H and O–H groups in total. The minimum absolute atomic E-state index is 0.264. The van der Waals surface area contributed by atoms with Crippen LogP contribution in [0.3, 0.4) is 0 Å². The van der Waals surface area contributed by atoms with Crippen LogP contribution in [0.15, 0.2) is 24.3 Å². The molecule has 0 radical (unpaired) electrons. The van der Waals surface area contributed by atoms with Gasteiger partial charge in [0, 0.05) is 12.6 Å². The standard InChI is InChI=1S/C15H23NO/c1-4-16(10-11(2)3)14-9-12-7-5-6-8-13(12)15(14)17/h5-8,11,14-15,17H,4,9-10H2,1-3H3. The zero-order valence-corrected chi connectivity index (χ0v) is 11.1. The Kier molecular flexibility index (Phi) is 3.85. The van der Waals surface area contributed by atoms with Crippen molar-refractivity contribution in [1.29, 1.82) is 0 Å². The lowest BCUT2D eigenvalue weighted by Crippen LogP contribution is -2.40. The van der Waals surface area contributed by atoms with Crippen LogP contribution in [-0.2, 0) is 6.42 Å². The number of aliphatic hydroxyl groups excluding tert-OH is 1. The molecule has 1 aliphatic carbocycles. The fourth-order valence-corrected chi connectivity index (χ4v) is 2.85. The van der Waals surface area contributed by atoms with Gasteiger partial charge in [0.15, 0.2) is 0 Å². The summed E-state index contributed by atoms with van der Waals surface area (Å²) in [5.74, 6) is 0.644. The third-order valence-electron chi connectivity index (χ3n) is 3.64. The number of hydrogen-bond donors (Lipinski definition) is 1. The number of rotatable bonds is 4. The molecule has 0 saturated carbocycles. The molecule has 0 spiro atoms. The molecule has 0 heterocycles. The van der Waals surface area contributed by atoms with Crippen LogP contribution in [0.1, 0.15) is 38.0 Å². The van der Waals surface area contributed by atoms with Gasteiger partial charge < -0.3 is 5.11 Å². The second-order valence-electron chi connectivity index (χ2n) is 5.40. The Morgan fingerprint density at radius 1 is 1.35 bits per heavy atom. The number of aliphatic hydroxyl groups is 1. The van der Waals surface area contributed by atoms with E-state index in [0.29, 0.717) is 5.92 Å². The van der Waals surface area contributed by atoms with Crippen molar-refractivity contribution in [3.63, 3.8) is 0 Å². The molecule has 0 bridgehead atoms. The Labute approximate surface area is 104 Å². The van der Waals surface area contributed by atoms with Crippen molar-refractivity contribution in [1.82, 2.24) is 4.90 Å². The molecule has 2 unspecified atom stereocenters. The lowest BCUT2D eigenvalue weighted by atomic mass is 10.1. The van der Waals surface area contributed by atoms with Gasteiger partial charge in [-0.15, -0.1) is 0 Å². The minimum atomic E-state index is -0.315. The van der Waals surface area contributed by atoms with Gasteiger partial charge in [-0.3, -0.25) is 4.90 Å². The predicted molar refractivity (Wildman–Crippen MR) is 71.0 cm³/mol. The number of benzene rings is 1. The highest BCUT2D eigenvalue weighted by Gasteiger charge is 2.34. The van der Waals surface area contributed by atoms with Crippen molar-refractivity contribution in [2.75, 3.05) is 13.1 Å². The molecule has 2 heteroatoms. The van der Waals surface area contributed by atoms with Crippen LogP contribution in [0.4, 0.5) is 0 Å². The molecule has 1 aromatic rings.